The van der Waals surface area contributed by atoms with E-state index in [1.165, 1.54) is 0 Å². The molecule has 6 heteroatoms. The maximum atomic E-state index is 12.5. The van der Waals surface area contributed by atoms with E-state index in [1.54, 1.807) is 6.33 Å². The Hall–Kier alpha value is -2.21. The molecular weight excluding hydrogens is 304 g/mol. The number of amides is 1. The third kappa shape index (κ3) is 3.82. The van der Waals surface area contributed by atoms with Crippen molar-refractivity contribution in [2.75, 3.05) is 19.8 Å². The molecule has 1 saturated heterocycles. The molecule has 0 spiro atoms. The lowest BCUT2D eigenvalue weighted by Gasteiger charge is -2.35. The highest BCUT2D eigenvalue weighted by atomic mass is 16.5. The van der Waals surface area contributed by atoms with Gasteiger partial charge in [0, 0.05) is 13.0 Å². The van der Waals surface area contributed by atoms with Crippen LogP contribution in [0.4, 0.5) is 0 Å². The molecule has 0 N–H and O–H groups in total. The van der Waals surface area contributed by atoms with Crippen LogP contribution in [0.3, 0.4) is 0 Å². The lowest BCUT2D eigenvalue weighted by atomic mass is 10.1. The molecule has 128 valence electrons. The van der Waals surface area contributed by atoms with E-state index >= 15 is 0 Å². The van der Waals surface area contributed by atoms with Crippen molar-refractivity contribution in [3.8, 4) is 0 Å². The molecule has 0 bridgehead atoms. The minimum atomic E-state index is -0.158. The van der Waals surface area contributed by atoms with Gasteiger partial charge in [0.05, 0.1) is 19.8 Å². The Morgan fingerprint density at radius 3 is 2.96 bits per heavy atom. The van der Waals surface area contributed by atoms with E-state index in [2.05, 4.69) is 29.1 Å². The van der Waals surface area contributed by atoms with E-state index in [0.717, 1.165) is 24.2 Å². The maximum absolute atomic E-state index is 12.5. The van der Waals surface area contributed by atoms with Crippen LogP contribution >= 0.6 is 0 Å². The van der Waals surface area contributed by atoms with E-state index in [4.69, 9.17) is 4.74 Å². The first-order valence-corrected chi connectivity index (χ1v) is 8.58. The average molecular weight is 328 g/mol. The number of carbonyl (C=O) groups is 1. The largest absolute Gasteiger partial charge is 0.377 e. The van der Waals surface area contributed by atoms with Gasteiger partial charge >= 0.3 is 0 Å². The Balaban J connectivity index is 1.79. The predicted octanol–water partition coefficient (Wildman–Crippen LogP) is 2.42. The van der Waals surface area contributed by atoms with Gasteiger partial charge in [0.1, 0.15) is 12.4 Å². The van der Waals surface area contributed by atoms with Crippen LogP contribution in [0.25, 0.3) is 0 Å². The van der Waals surface area contributed by atoms with Gasteiger partial charge in [0.2, 0.25) is 5.91 Å². The number of rotatable bonds is 6. The highest BCUT2D eigenvalue weighted by Gasteiger charge is 2.31. The Kier molecular flexibility index (Phi) is 5.59. The molecule has 0 radical (unpaired) electrons. The molecule has 1 aromatic carbocycles. The summed E-state index contributed by atoms with van der Waals surface area (Å²) in [5.41, 5.74) is 1.16. The second kappa shape index (κ2) is 8.06. The van der Waals surface area contributed by atoms with Crippen LogP contribution in [0.5, 0.6) is 0 Å². The number of morpholine rings is 1. The van der Waals surface area contributed by atoms with E-state index in [1.807, 2.05) is 27.8 Å². The monoisotopic (exact) mass is 328 g/mol. The fraction of sp³-hybridized carbons (Fsp3) is 0.500. The van der Waals surface area contributed by atoms with Crippen molar-refractivity contribution in [3.05, 3.63) is 48.0 Å². The summed E-state index contributed by atoms with van der Waals surface area (Å²) in [4.78, 5) is 18.9. The second-order valence-corrected chi connectivity index (χ2v) is 6.04. The van der Waals surface area contributed by atoms with Gasteiger partial charge in [-0.1, -0.05) is 43.7 Å². The first-order valence-electron chi connectivity index (χ1n) is 8.58. The Morgan fingerprint density at radius 2 is 2.17 bits per heavy atom. The van der Waals surface area contributed by atoms with Crippen LogP contribution < -0.4 is 0 Å². The van der Waals surface area contributed by atoms with E-state index in [0.29, 0.717) is 32.7 Å². The minimum Gasteiger partial charge on any atom is -0.377 e. The smallest absolute Gasteiger partial charge is 0.223 e. The highest BCUT2D eigenvalue weighted by Crippen LogP contribution is 2.24. The second-order valence-electron chi connectivity index (χ2n) is 6.04. The molecule has 0 unspecified atom stereocenters. The zero-order valence-electron chi connectivity index (χ0n) is 14.1. The predicted molar refractivity (Wildman–Crippen MR) is 90.4 cm³/mol. The Labute approximate surface area is 142 Å². The maximum Gasteiger partial charge on any atom is 0.223 e. The third-order valence-electron chi connectivity index (χ3n) is 4.31. The van der Waals surface area contributed by atoms with Gasteiger partial charge in [0.25, 0.3) is 0 Å². The quantitative estimate of drug-likeness (QED) is 0.817. The van der Waals surface area contributed by atoms with Crippen LogP contribution in [0.15, 0.2) is 36.7 Å². The van der Waals surface area contributed by atoms with Crippen molar-refractivity contribution >= 4 is 5.91 Å². The molecule has 1 aliphatic rings. The molecule has 1 aliphatic heterocycles. The topological polar surface area (TPSA) is 60.3 Å². The first kappa shape index (κ1) is 16.6. The highest BCUT2D eigenvalue weighted by molar-refractivity contribution is 5.76. The van der Waals surface area contributed by atoms with Crippen molar-refractivity contribution in [2.24, 2.45) is 0 Å². The van der Waals surface area contributed by atoms with Crippen molar-refractivity contribution in [2.45, 2.75) is 38.8 Å². The third-order valence-corrected chi connectivity index (χ3v) is 4.31. The number of ether oxygens (including phenoxy) is 1. The van der Waals surface area contributed by atoms with Crippen LogP contribution in [0.2, 0.25) is 0 Å². The summed E-state index contributed by atoms with van der Waals surface area (Å²) in [5.74, 6) is 0.975. The zero-order valence-corrected chi connectivity index (χ0v) is 14.1. The first-order chi connectivity index (χ1) is 11.8. The zero-order chi connectivity index (χ0) is 16.8. The minimum absolute atomic E-state index is 0.158. The summed E-state index contributed by atoms with van der Waals surface area (Å²) in [5, 5.41) is 4.35. The number of aromatic nitrogens is 3. The molecule has 2 aromatic rings. The van der Waals surface area contributed by atoms with Gasteiger partial charge in [-0.05, 0) is 12.0 Å². The fourth-order valence-electron chi connectivity index (χ4n) is 3.00. The van der Waals surface area contributed by atoms with Crippen LogP contribution in [-0.2, 0) is 16.1 Å². The molecule has 1 amide bonds. The Morgan fingerprint density at radius 1 is 1.33 bits per heavy atom. The molecule has 0 saturated carbocycles. The summed E-state index contributed by atoms with van der Waals surface area (Å²) < 4.78 is 7.49. The van der Waals surface area contributed by atoms with E-state index in [-0.39, 0.29) is 11.9 Å². The molecule has 2 heterocycles. The number of hydrogen-bond acceptors (Lipinski definition) is 4. The Bertz CT molecular complexity index is 656. The van der Waals surface area contributed by atoms with Crippen molar-refractivity contribution in [3.63, 3.8) is 0 Å². The molecule has 6 nitrogen and oxygen atoms in total. The molecule has 1 fully saturated rings. The van der Waals surface area contributed by atoms with Crippen LogP contribution in [-0.4, -0.2) is 45.3 Å². The van der Waals surface area contributed by atoms with Gasteiger partial charge in [-0.2, -0.15) is 5.10 Å². The van der Waals surface area contributed by atoms with Crippen LogP contribution in [0, 0.1) is 0 Å². The molecule has 0 aliphatic carbocycles. The van der Waals surface area contributed by atoms with Gasteiger partial charge in [0.15, 0.2) is 5.82 Å². The number of unbranched alkanes of at least 4 members (excludes halogenated alkanes) is 1. The molecule has 24 heavy (non-hydrogen) atoms. The van der Waals surface area contributed by atoms with E-state index in [9.17, 15) is 4.79 Å². The summed E-state index contributed by atoms with van der Waals surface area (Å²) in [6.45, 7) is 4.42. The number of carbonyl (C=O) groups excluding carboxylic acids is 1. The molecule has 1 atom stereocenters. The van der Waals surface area contributed by atoms with Gasteiger partial charge in [-0.3, -0.25) is 4.79 Å². The lowest BCUT2D eigenvalue weighted by Crippen LogP contribution is -2.44. The van der Waals surface area contributed by atoms with E-state index < -0.39 is 0 Å². The molecular formula is C18H24N4O2. The molecule has 1 aromatic heterocycles. The summed E-state index contributed by atoms with van der Waals surface area (Å²) in [7, 11) is 0. The summed E-state index contributed by atoms with van der Waals surface area (Å²) in [6.07, 6.45) is 4.08. The standard InChI is InChI=1S/C18H24N4O2/c1-2-3-9-17(23)21-10-11-24-13-16(21)18-19-14-20-22(18)12-15-7-5-4-6-8-15/h4-8,14,16H,2-3,9-13H2,1H3/t16-/m0/s1. The number of nitrogens with zero attached hydrogens (tertiary/aromatic N) is 4. The number of hydrogen-bond donors (Lipinski definition) is 0. The summed E-state index contributed by atoms with van der Waals surface area (Å²) in [6, 6.07) is 9.98. The SMILES string of the molecule is CCCCC(=O)N1CCOC[C@H]1c1ncnn1Cc1ccccc1. The number of benzene rings is 1. The fourth-order valence-corrected chi connectivity index (χ4v) is 3.00. The van der Waals surface area contributed by atoms with Gasteiger partial charge < -0.3 is 9.64 Å². The van der Waals surface area contributed by atoms with Gasteiger partial charge in [-0.25, -0.2) is 9.67 Å². The van der Waals surface area contributed by atoms with Crippen molar-refractivity contribution in [1.29, 1.82) is 0 Å². The van der Waals surface area contributed by atoms with Gasteiger partial charge in [-0.15, -0.1) is 0 Å². The lowest BCUT2D eigenvalue weighted by molar-refractivity contribution is -0.140. The van der Waals surface area contributed by atoms with Crippen LogP contribution in [0.1, 0.15) is 43.6 Å². The summed E-state index contributed by atoms with van der Waals surface area (Å²) >= 11 is 0. The van der Waals surface area contributed by atoms with Crippen molar-refractivity contribution < 1.29 is 9.53 Å². The normalized spacial score (nSPS) is 17.9. The van der Waals surface area contributed by atoms with Crippen molar-refractivity contribution in [1.82, 2.24) is 19.7 Å². The molecule has 3 rings (SSSR count). The average Bonchev–Trinajstić information content (AvgIpc) is 3.08.